The molecule has 1 atom stereocenters. The van der Waals surface area contributed by atoms with E-state index in [9.17, 15) is 0 Å². The Morgan fingerprint density at radius 2 is 2.10 bits per heavy atom. The topological polar surface area (TPSA) is 34.2 Å². The number of aromatic nitrogens is 1. The summed E-state index contributed by atoms with van der Waals surface area (Å²) in [7, 11) is 3.66. The third kappa shape index (κ3) is 3.81. The highest BCUT2D eigenvalue weighted by molar-refractivity contribution is 5.27. The Kier molecular flexibility index (Phi) is 5.13. The lowest BCUT2D eigenvalue weighted by Crippen LogP contribution is -2.17. The molecule has 0 fully saturated rings. The summed E-state index contributed by atoms with van der Waals surface area (Å²) in [6.07, 6.45) is 5.72. The smallest absolute Gasteiger partial charge is 0.137 e. The van der Waals surface area contributed by atoms with Crippen LogP contribution in [0.1, 0.15) is 29.2 Å². The van der Waals surface area contributed by atoms with Crippen LogP contribution in [0, 0.1) is 6.92 Å². The lowest BCUT2D eigenvalue weighted by Gasteiger charge is -2.17. The minimum atomic E-state index is 0.290. The molecular weight excluding hydrogens is 248 g/mol. The van der Waals surface area contributed by atoms with Crippen LogP contribution in [0.25, 0.3) is 0 Å². The fraction of sp³-hybridized carbons (Fsp3) is 0.353. The molecule has 1 unspecified atom stereocenters. The van der Waals surface area contributed by atoms with Crippen LogP contribution >= 0.6 is 0 Å². The monoisotopic (exact) mass is 270 g/mol. The van der Waals surface area contributed by atoms with Gasteiger partial charge in [0.05, 0.1) is 13.3 Å². The molecule has 106 valence electrons. The summed E-state index contributed by atoms with van der Waals surface area (Å²) in [6, 6.07) is 11.0. The molecule has 0 aliphatic heterocycles. The summed E-state index contributed by atoms with van der Waals surface area (Å²) in [4.78, 5) is 4.23. The maximum atomic E-state index is 5.24. The van der Waals surface area contributed by atoms with Crippen LogP contribution in [0.2, 0.25) is 0 Å². The first-order chi connectivity index (χ1) is 9.72. The first-order valence-electron chi connectivity index (χ1n) is 6.94. The molecule has 1 N–H and O–H groups in total. The van der Waals surface area contributed by atoms with Crippen molar-refractivity contribution < 1.29 is 4.74 Å². The molecule has 3 nitrogen and oxygen atoms in total. The molecule has 3 heteroatoms. The highest BCUT2D eigenvalue weighted by Crippen LogP contribution is 2.22. The predicted molar refractivity (Wildman–Crippen MR) is 82.1 cm³/mol. The number of nitrogens with zero attached hydrogens (tertiary/aromatic N) is 1. The number of hydrogen-bond acceptors (Lipinski definition) is 3. The molecule has 2 aromatic rings. The van der Waals surface area contributed by atoms with Gasteiger partial charge in [0.1, 0.15) is 5.75 Å². The first-order valence-corrected chi connectivity index (χ1v) is 6.94. The summed E-state index contributed by atoms with van der Waals surface area (Å²) in [6.45, 7) is 2.13. The summed E-state index contributed by atoms with van der Waals surface area (Å²) < 4.78 is 5.24. The predicted octanol–water partition coefficient (Wildman–Crippen LogP) is 3.29. The average molecular weight is 270 g/mol. The first kappa shape index (κ1) is 14.5. The van der Waals surface area contributed by atoms with Gasteiger partial charge in [0.25, 0.3) is 0 Å². The Labute approximate surface area is 121 Å². The van der Waals surface area contributed by atoms with Crippen LogP contribution in [-0.2, 0) is 6.42 Å². The van der Waals surface area contributed by atoms with E-state index >= 15 is 0 Å². The molecule has 20 heavy (non-hydrogen) atoms. The molecule has 0 bridgehead atoms. The van der Waals surface area contributed by atoms with E-state index in [0.717, 1.165) is 18.6 Å². The normalized spacial score (nSPS) is 12.2. The van der Waals surface area contributed by atoms with Crippen molar-refractivity contribution in [3.05, 3.63) is 59.4 Å². The Bertz CT molecular complexity index is 554. The molecule has 0 saturated carbocycles. The standard InChI is InChI=1S/C17H22N2O/c1-13-5-4-6-14(9-13)7-8-17(18-2)15-10-16(20-3)12-19-11-15/h4-6,9-12,17-18H,7-8H2,1-3H3. The second kappa shape index (κ2) is 7.06. The van der Waals surface area contributed by atoms with Crippen LogP contribution in [0.3, 0.4) is 0 Å². The van der Waals surface area contributed by atoms with E-state index in [1.54, 1.807) is 13.3 Å². The van der Waals surface area contributed by atoms with Gasteiger partial charge in [-0.05, 0) is 44.0 Å². The van der Waals surface area contributed by atoms with Crippen LogP contribution in [0.4, 0.5) is 0 Å². The number of ether oxygens (including phenoxy) is 1. The lowest BCUT2D eigenvalue weighted by molar-refractivity contribution is 0.410. The minimum Gasteiger partial charge on any atom is -0.495 e. The number of rotatable bonds is 6. The Morgan fingerprint density at radius 1 is 1.25 bits per heavy atom. The van der Waals surface area contributed by atoms with E-state index in [4.69, 9.17) is 4.74 Å². The molecule has 0 aliphatic carbocycles. The number of hydrogen-bond donors (Lipinski definition) is 1. The van der Waals surface area contributed by atoms with Crippen molar-refractivity contribution in [3.63, 3.8) is 0 Å². The fourth-order valence-corrected chi connectivity index (χ4v) is 2.39. The van der Waals surface area contributed by atoms with Crippen LogP contribution in [-0.4, -0.2) is 19.1 Å². The SMILES string of the molecule is CNC(CCc1cccc(C)c1)c1cncc(OC)c1. The molecule has 0 saturated heterocycles. The molecular formula is C17H22N2O. The van der Waals surface area contributed by atoms with Crippen molar-refractivity contribution in [3.8, 4) is 5.75 Å². The molecule has 1 aromatic carbocycles. The van der Waals surface area contributed by atoms with Gasteiger partial charge in [-0.2, -0.15) is 0 Å². The van der Waals surface area contributed by atoms with E-state index in [1.807, 2.05) is 19.3 Å². The molecule has 0 spiro atoms. The van der Waals surface area contributed by atoms with E-state index in [-0.39, 0.29) is 6.04 Å². The quantitative estimate of drug-likeness (QED) is 0.874. The zero-order valence-electron chi connectivity index (χ0n) is 12.4. The van der Waals surface area contributed by atoms with Gasteiger partial charge < -0.3 is 10.1 Å². The van der Waals surface area contributed by atoms with E-state index in [0.29, 0.717) is 0 Å². The number of nitrogens with one attached hydrogen (secondary N) is 1. The maximum absolute atomic E-state index is 5.24. The van der Waals surface area contributed by atoms with Gasteiger partial charge in [0.15, 0.2) is 0 Å². The molecule has 0 aliphatic rings. The van der Waals surface area contributed by atoms with Crippen LogP contribution < -0.4 is 10.1 Å². The fourth-order valence-electron chi connectivity index (χ4n) is 2.39. The van der Waals surface area contributed by atoms with E-state index < -0.39 is 0 Å². The van der Waals surface area contributed by atoms with Gasteiger partial charge >= 0.3 is 0 Å². The summed E-state index contributed by atoms with van der Waals surface area (Å²) in [5.41, 5.74) is 3.85. The van der Waals surface area contributed by atoms with Gasteiger partial charge in [0, 0.05) is 12.2 Å². The molecule has 0 radical (unpaired) electrons. The average Bonchev–Trinajstić information content (AvgIpc) is 2.48. The zero-order chi connectivity index (χ0) is 14.4. The number of methoxy groups -OCH3 is 1. The second-order valence-corrected chi connectivity index (χ2v) is 5.03. The lowest BCUT2D eigenvalue weighted by atomic mass is 9.99. The summed E-state index contributed by atoms with van der Waals surface area (Å²) in [5.74, 6) is 0.804. The number of pyridine rings is 1. The number of benzene rings is 1. The van der Waals surface area contributed by atoms with E-state index in [1.165, 1.54) is 16.7 Å². The van der Waals surface area contributed by atoms with Crippen molar-refractivity contribution in [2.45, 2.75) is 25.8 Å². The largest absolute Gasteiger partial charge is 0.495 e. The molecule has 1 aromatic heterocycles. The highest BCUT2D eigenvalue weighted by Gasteiger charge is 2.10. The number of aryl methyl sites for hydroxylation is 2. The van der Waals surface area contributed by atoms with Gasteiger partial charge in [-0.3, -0.25) is 4.98 Å². The van der Waals surface area contributed by atoms with Gasteiger partial charge in [-0.25, -0.2) is 0 Å². The zero-order valence-corrected chi connectivity index (χ0v) is 12.4. The van der Waals surface area contributed by atoms with Gasteiger partial charge in [-0.15, -0.1) is 0 Å². The molecule has 1 heterocycles. The molecule has 2 rings (SSSR count). The Balaban J connectivity index is 2.05. The van der Waals surface area contributed by atoms with Crippen molar-refractivity contribution in [1.29, 1.82) is 0 Å². The van der Waals surface area contributed by atoms with Gasteiger partial charge in [0.2, 0.25) is 0 Å². The van der Waals surface area contributed by atoms with Crippen molar-refractivity contribution in [1.82, 2.24) is 10.3 Å². The minimum absolute atomic E-state index is 0.290. The van der Waals surface area contributed by atoms with Crippen molar-refractivity contribution in [2.75, 3.05) is 14.2 Å². The van der Waals surface area contributed by atoms with Crippen molar-refractivity contribution >= 4 is 0 Å². The summed E-state index contributed by atoms with van der Waals surface area (Å²) in [5, 5.41) is 3.36. The Morgan fingerprint density at radius 3 is 2.80 bits per heavy atom. The Hall–Kier alpha value is -1.87. The van der Waals surface area contributed by atoms with Crippen molar-refractivity contribution in [2.24, 2.45) is 0 Å². The third-order valence-electron chi connectivity index (χ3n) is 3.53. The second-order valence-electron chi connectivity index (χ2n) is 5.03. The van der Waals surface area contributed by atoms with Crippen LogP contribution in [0.15, 0.2) is 42.7 Å². The maximum Gasteiger partial charge on any atom is 0.137 e. The van der Waals surface area contributed by atoms with Gasteiger partial charge in [-0.1, -0.05) is 29.8 Å². The molecule has 0 amide bonds. The van der Waals surface area contributed by atoms with Crippen LogP contribution in [0.5, 0.6) is 5.75 Å². The highest BCUT2D eigenvalue weighted by atomic mass is 16.5. The third-order valence-corrected chi connectivity index (χ3v) is 3.53. The van der Waals surface area contributed by atoms with E-state index in [2.05, 4.69) is 41.5 Å². The summed E-state index contributed by atoms with van der Waals surface area (Å²) >= 11 is 0.